The maximum Gasteiger partial charge on any atom is 0.319 e. The van der Waals surface area contributed by atoms with Crippen LogP contribution in [0.5, 0.6) is 5.75 Å². The van der Waals surface area contributed by atoms with Crippen molar-refractivity contribution in [2.75, 3.05) is 27.7 Å². The van der Waals surface area contributed by atoms with E-state index in [9.17, 15) is 9.90 Å². The van der Waals surface area contributed by atoms with Gasteiger partial charge in [-0.2, -0.15) is 0 Å². The molecule has 1 fully saturated rings. The summed E-state index contributed by atoms with van der Waals surface area (Å²) in [6.45, 7) is 0.530. The lowest BCUT2D eigenvalue weighted by molar-refractivity contribution is 0.0979. The third-order valence-electron chi connectivity index (χ3n) is 3.41. The number of ether oxygens (including phenoxy) is 1. The number of hydrogen-bond donors (Lipinski definition) is 1. The van der Waals surface area contributed by atoms with Crippen molar-refractivity contribution in [3.05, 3.63) is 29.8 Å². The molecule has 0 spiro atoms. The van der Waals surface area contributed by atoms with E-state index in [0.717, 1.165) is 11.3 Å². The van der Waals surface area contributed by atoms with Crippen molar-refractivity contribution < 1.29 is 14.6 Å². The highest BCUT2D eigenvalue weighted by atomic mass is 16.5. The number of aliphatic hydroxyl groups is 1. The SMILES string of the molecule is COc1ccc(C(O)C2CN(C)C(=O)N2C)cc1. The topological polar surface area (TPSA) is 53.0 Å². The van der Waals surface area contributed by atoms with Crippen LogP contribution in [-0.2, 0) is 0 Å². The minimum absolute atomic E-state index is 0.0624. The molecule has 1 aliphatic rings. The fourth-order valence-corrected chi connectivity index (χ4v) is 2.23. The third kappa shape index (κ3) is 2.13. The molecule has 1 aromatic carbocycles. The molecule has 98 valence electrons. The molecule has 0 radical (unpaired) electrons. The Morgan fingerprint density at radius 1 is 1.33 bits per heavy atom. The van der Waals surface area contributed by atoms with E-state index in [4.69, 9.17) is 4.74 Å². The number of amides is 2. The van der Waals surface area contributed by atoms with E-state index < -0.39 is 6.10 Å². The highest BCUT2D eigenvalue weighted by molar-refractivity contribution is 5.76. The molecule has 0 aliphatic carbocycles. The molecule has 18 heavy (non-hydrogen) atoms. The summed E-state index contributed by atoms with van der Waals surface area (Å²) in [5.74, 6) is 0.749. The molecule has 1 N–H and O–H groups in total. The lowest BCUT2D eigenvalue weighted by atomic mass is 10.0. The smallest absolute Gasteiger partial charge is 0.319 e. The molecule has 0 bridgehead atoms. The fourth-order valence-electron chi connectivity index (χ4n) is 2.23. The number of carbonyl (C=O) groups excluding carboxylic acids is 1. The molecule has 0 saturated carbocycles. The molecule has 2 atom stereocenters. The van der Waals surface area contributed by atoms with Crippen LogP contribution < -0.4 is 4.74 Å². The van der Waals surface area contributed by atoms with Crippen molar-refractivity contribution in [1.29, 1.82) is 0 Å². The van der Waals surface area contributed by atoms with E-state index in [0.29, 0.717) is 6.54 Å². The summed E-state index contributed by atoms with van der Waals surface area (Å²) in [7, 11) is 5.05. The van der Waals surface area contributed by atoms with Crippen molar-refractivity contribution in [2.24, 2.45) is 0 Å². The summed E-state index contributed by atoms with van der Waals surface area (Å²) >= 11 is 0. The monoisotopic (exact) mass is 250 g/mol. The summed E-state index contributed by atoms with van der Waals surface area (Å²) in [4.78, 5) is 14.9. The average Bonchev–Trinajstić information content (AvgIpc) is 2.66. The minimum atomic E-state index is -0.685. The van der Waals surface area contributed by atoms with Gasteiger partial charge in [-0.1, -0.05) is 12.1 Å². The van der Waals surface area contributed by atoms with E-state index in [1.165, 1.54) is 0 Å². The Balaban J connectivity index is 2.15. The first-order valence-corrected chi connectivity index (χ1v) is 5.84. The van der Waals surface area contributed by atoms with Gasteiger partial charge in [0.2, 0.25) is 0 Å². The molecule has 0 aromatic heterocycles. The number of benzene rings is 1. The number of carbonyl (C=O) groups is 1. The zero-order valence-corrected chi connectivity index (χ0v) is 10.8. The van der Waals surface area contributed by atoms with Crippen LogP contribution in [0, 0.1) is 0 Å². The zero-order chi connectivity index (χ0) is 13.3. The van der Waals surface area contributed by atoms with Crippen molar-refractivity contribution in [3.63, 3.8) is 0 Å². The predicted molar refractivity (Wildman–Crippen MR) is 67.5 cm³/mol. The van der Waals surface area contributed by atoms with Crippen molar-refractivity contribution in [3.8, 4) is 5.75 Å². The maximum atomic E-state index is 11.7. The molecule has 1 aromatic rings. The summed E-state index contributed by atoms with van der Waals surface area (Å²) in [6, 6.07) is 6.97. The number of likely N-dealkylation sites (N-methyl/N-ethyl adjacent to an activating group) is 2. The van der Waals surface area contributed by atoms with Gasteiger partial charge in [0.15, 0.2) is 0 Å². The van der Waals surface area contributed by atoms with Gasteiger partial charge in [-0.3, -0.25) is 0 Å². The average molecular weight is 250 g/mol. The van der Waals surface area contributed by atoms with Crippen LogP contribution in [0.15, 0.2) is 24.3 Å². The van der Waals surface area contributed by atoms with E-state index >= 15 is 0 Å². The summed E-state index contributed by atoms with van der Waals surface area (Å²) in [5.41, 5.74) is 0.788. The van der Waals surface area contributed by atoms with E-state index in [1.54, 1.807) is 43.1 Å². The second kappa shape index (κ2) is 4.86. The Bertz CT molecular complexity index is 432. The van der Waals surface area contributed by atoms with Crippen molar-refractivity contribution in [1.82, 2.24) is 9.80 Å². The van der Waals surface area contributed by atoms with Gasteiger partial charge in [0.25, 0.3) is 0 Å². The standard InChI is InChI=1S/C13H18N2O3/c1-14-8-11(15(2)13(14)17)12(16)9-4-6-10(18-3)7-5-9/h4-7,11-12,16H,8H2,1-3H3. The van der Waals surface area contributed by atoms with Gasteiger partial charge >= 0.3 is 6.03 Å². The summed E-state index contributed by atoms with van der Waals surface area (Å²) in [5, 5.41) is 10.3. The van der Waals surface area contributed by atoms with Gasteiger partial charge in [0.05, 0.1) is 13.2 Å². The number of rotatable bonds is 3. The molecular weight excluding hydrogens is 232 g/mol. The quantitative estimate of drug-likeness (QED) is 0.874. The van der Waals surface area contributed by atoms with Gasteiger partial charge in [0.1, 0.15) is 11.9 Å². The zero-order valence-electron chi connectivity index (χ0n) is 10.8. The first-order valence-electron chi connectivity index (χ1n) is 5.84. The lowest BCUT2D eigenvalue weighted by Crippen LogP contribution is -2.34. The summed E-state index contributed by atoms with van der Waals surface area (Å²) in [6.07, 6.45) is -0.685. The molecule has 1 aliphatic heterocycles. The van der Waals surface area contributed by atoms with Crippen LogP contribution in [0.2, 0.25) is 0 Å². The lowest BCUT2D eigenvalue weighted by Gasteiger charge is -2.23. The molecule has 1 saturated heterocycles. The fraction of sp³-hybridized carbons (Fsp3) is 0.462. The van der Waals surface area contributed by atoms with E-state index in [-0.39, 0.29) is 12.1 Å². The number of hydrogen-bond acceptors (Lipinski definition) is 3. The normalized spacial score (nSPS) is 21.3. The number of aliphatic hydroxyl groups excluding tert-OH is 1. The van der Waals surface area contributed by atoms with E-state index in [2.05, 4.69) is 0 Å². The van der Waals surface area contributed by atoms with Gasteiger partial charge < -0.3 is 19.6 Å². The molecule has 5 heteroatoms. The van der Waals surface area contributed by atoms with Gasteiger partial charge in [-0.05, 0) is 17.7 Å². The van der Waals surface area contributed by atoms with Crippen LogP contribution in [-0.4, -0.2) is 54.7 Å². The van der Waals surface area contributed by atoms with Crippen molar-refractivity contribution in [2.45, 2.75) is 12.1 Å². The Labute approximate surface area is 107 Å². The highest BCUT2D eigenvalue weighted by Gasteiger charge is 2.37. The van der Waals surface area contributed by atoms with Crippen molar-refractivity contribution >= 4 is 6.03 Å². The highest BCUT2D eigenvalue weighted by Crippen LogP contribution is 2.26. The predicted octanol–water partition coefficient (Wildman–Crippen LogP) is 1.09. The second-order valence-electron chi connectivity index (χ2n) is 4.56. The number of methoxy groups -OCH3 is 1. The largest absolute Gasteiger partial charge is 0.497 e. The maximum absolute atomic E-state index is 11.7. The van der Waals surface area contributed by atoms with Gasteiger partial charge in [-0.25, -0.2) is 4.79 Å². The van der Waals surface area contributed by atoms with E-state index in [1.807, 2.05) is 12.1 Å². The third-order valence-corrected chi connectivity index (χ3v) is 3.41. The summed E-state index contributed by atoms with van der Waals surface area (Å²) < 4.78 is 5.08. The Kier molecular flexibility index (Phi) is 3.43. The van der Waals surface area contributed by atoms with Crippen LogP contribution in [0.4, 0.5) is 4.79 Å². The molecule has 2 unspecified atom stereocenters. The van der Waals surface area contributed by atoms with Crippen LogP contribution in [0.3, 0.4) is 0 Å². The Morgan fingerprint density at radius 2 is 1.94 bits per heavy atom. The van der Waals surface area contributed by atoms with Crippen LogP contribution in [0.1, 0.15) is 11.7 Å². The number of nitrogens with zero attached hydrogens (tertiary/aromatic N) is 2. The first kappa shape index (κ1) is 12.7. The van der Waals surface area contributed by atoms with Gasteiger partial charge in [-0.15, -0.1) is 0 Å². The molecule has 2 amide bonds. The minimum Gasteiger partial charge on any atom is -0.497 e. The van der Waals surface area contributed by atoms with Gasteiger partial charge in [0, 0.05) is 20.6 Å². The molecule has 1 heterocycles. The second-order valence-corrected chi connectivity index (χ2v) is 4.56. The molecule has 2 rings (SSSR count). The van der Waals surface area contributed by atoms with Crippen LogP contribution >= 0.6 is 0 Å². The first-order chi connectivity index (χ1) is 8.54. The Morgan fingerprint density at radius 3 is 2.39 bits per heavy atom. The molecule has 5 nitrogen and oxygen atoms in total. The Hall–Kier alpha value is -1.75. The van der Waals surface area contributed by atoms with Crippen LogP contribution in [0.25, 0.3) is 0 Å². The molecular formula is C13H18N2O3. The number of urea groups is 1.